The predicted molar refractivity (Wildman–Crippen MR) is 123 cm³/mol. The average molecular weight is 512 g/mol. The zero-order valence-corrected chi connectivity index (χ0v) is 23.2. The molecule has 1 aliphatic rings. The van der Waals surface area contributed by atoms with Crippen molar-refractivity contribution in [2.45, 2.75) is 18.6 Å². The third kappa shape index (κ3) is 5.60. The van der Waals surface area contributed by atoms with Crippen LogP contribution in [0, 0.1) is 9.54 Å². The largest absolute Gasteiger partial charge is 1.00 e. The second-order valence-corrected chi connectivity index (χ2v) is 8.11. The van der Waals surface area contributed by atoms with Crippen LogP contribution < -0.4 is 71.4 Å². The molecule has 33 heavy (non-hydrogen) atoms. The molecule has 0 bridgehead atoms. The van der Waals surface area contributed by atoms with E-state index in [1.807, 2.05) is 36.4 Å². The van der Waals surface area contributed by atoms with Gasteiger partial charge >= 0.3 is 51.4 Å². The third-order valence-corrected chi connectivity index (χ3v) is 6.06. The Bertz CT molecular complexity index is 1230. The number of aromatic nitrogens is 3. The van der Waals surface area contributed by atoms with Crippen LogP contribution in [0.3, 0.4) is 0 Å². The molecule has 0 fully saturated rings. The number of hydrogen-bond acceptors (Lipinski definition) is 8. The molecule has 0 saturated carbocycles. The molecule has 0 aliphatic carbocycles. The molecule has 0 spiro atoms. The van der Waals surface area contributed by atoms with Gasteiger partial charge in [0.15, 0.2) is 16.3 Å². The number of nitrogens with zero attached hydrogens (tertiary/aromatic N) is 2. The first-order valence-corrected chi connectivity index (χ1v) is 10.7. The molecule has 168 valence electrons. The van der Waals surface area contributed by atoms with Gasteiger partial charge in [0, 0.05) is 37.5 Å². The Morgan fingerprint density at radius 1 is 1.21 bits per heavy atom. The SMILES string of the molecule is COC1CC(C(=O)[O-])N(C)c2ccc(OCNc3cccc(-n4c(=S)[nH][nH]c4=S)c3)cc21.[K+]. The molecule has 2 heterocycles. The summed E-state index contributed by atoms with van der Waals surface area (Å²) in [4.78, 5) is 13.2. The molecule has 1 aromatic heterocycles. The minimum atomic E-state index is -1.12. The topological polar surface area (TPSA) is 110 Å². The van der Waals surface area contributed by atoms with Gasteiger partial charge in [-0.15, -0.1) is 0 Å². The monoisotopic (exact) mass is 511 g/mol. The Morgan fingerprint density at radius 3 is 2.61 bits per heavy atom. The van der Waals surface area contributed by atoms with Crippen LogP contribution in [0.25, 0.3) is 5.69 Å². The van der Waals surface area contributed by atoms with Crippen LogP contribution in [0.5, 0.6) is 5.75 Å². The minimum Gasteiger partial charge on any atom is -0.548 e. The average Bonchev–Trinajstić information content (AvgIpc) is 3.12. The first-order chi connectivity index (χ1) is 15.4. The zero-order chi connectivity index (χ0) is 22.8. The number of rotatable bonds is 7. The molecule has 3 N–H and O–H groups in total. The molecule has 1 aliphatic heterocycles. The number of anilines is 2. The first-order valence-electron chi connectivity index (χ1n) is 9.86. The fourth-order valence-corrected chi connectivity index (χ4v) is 4.39. The van der Waals surface area contributed by atoms with Gasteiger partial charge in [0.25, 0.3) is 0 Å². The van der Waals surface area contributed by atoms with Crippen LogP contribution in [0.1, 0.15) is 18.1 Å². The Hall–Kier alpha value is -1.51. The van der Waals surface area contributed by atoms with Crippen LogP contribution >= 0.6 is 24.4 Å². The molecule has 3 aromatic rings. The third-order valence-electron chi connectivity index (χ3n) is 5.49. The van der Waals surface area contributed by atoms with E-state index >= 15 is 0 Å². The van der Waals surface area contributed by atoms with E-state index in [-0.39, 0.29) is 64.2 Å². The number of fused-ring (bicyclic) bond motifs is 1. The van der Waals surface area contributed by atoms with E-state index < -0.39 is 12.0 Å². The fourth-order valence-electron chi connectivity index (χ4n) is 3.84. The summed E-state index contributed by atoms with van der Waals surface area (Å²) in [5.41, 5.74) is 3.32. The van der Waals surface area contributed by atoms with E-state index in [2.05, 4.69) is 15.5 Å². The number of benzene rings is 2. The van der Waals surface area contributed by atoms with Crippen molar-refractivity contribution >= 4 is 41.8 Å². The molecule has 12 heteroatoms. The summed E-state index contributed by atoms with van der Waals surface area (Å²) in [6, 6.07) is 12.4. The number of carbonyl (C=O) groups excluding carboxylic acids is 1. The predicted octanol–water partition coefficient (Wildman–Crippen LogP) is -0.309. The number of ether oxygens (including phenoxy) is 2. The number of nitrogens with one attached hydrogen (secondary N) is 3. The number of carbonyl (C=O) groups is 1. The standard InChI is InChI=1S/C21H23N5O4S2.K/c1-25-16-7-6-14(9-15(16)18(29-2)10-17(25)19(27)28)30-11-22-12-4-3-5-13(8-12)26-20(31)23-24-21(26)32;/h3-9,17-18,22H,10-11H2,1-2H3,(H,23,31)(H,24,32)(H,27,28);/q;+1/p-1. The Kier molecular flexibility index (Phi) is 8.92. The summed E-state index contributed by atoms with van der Waals surface area (Å²) in [6.07, 6.45) is -0.0477. The molecule has 2 atom stereocenters. The van der Waals surface area contributed by atoms with Gasteiger partial charge in [0.1, 0.15) is 5.75 Å². The quantitative estimate of drug-likeness (QED) is 0.225. The Morgan fingerprint density at radius 2 is 1.94 bits per heavy atom. The molecule has 2 unspecified atom stereocenters. The van der Waals surface area contributed by atoms with Gasteiger partial charge in [-0.1, -0.05) is 6.07 Å². The first kappa shape index (κ1) is 26.1. The molecule has 2 aromatic carbocycles. The summed E-state index contributed by atoms with van der Waals surface area (Å²) in [6.45, 7) is 0.225. The maximum atomic E-state index is 11.5. The Labute approximate surface area is 243 Å². The second kappa shape index (κ2) is 11.3. The summed E-state index contributed by atoms with van der Waals surface area (Å²) in [5.74, 6) is -0.473. The Balaban J connectivity index is 0.00000306. The van der Waals surface area contributed by atoms with Crippen molar-refractivity contribution < 1.29 is 70.8 Å². The van der Waals surface area contributed by atoms with Gasteiger partial charge in [-0.25, -0.2) is 0 Å². The smallest absolute Gasteiger partial charge is 0.548 e. The van der Waals surface area contributed by atoms with E-state index in [1.165, 1.54) is 0 Å². The van der Waals surface area contributed by atoms with Crippen LogP contribution in [0.15, 0.2) is 42.5 Å². The van der Waals surface area contributed by atoms with E-state index in [0.29, 0.717) is 21.7 Å². The van der Waals surface area contributed by atoms with Crippen molar-refractivity contribution in [2.24, 2.45) is 0 Å². The minimum absolute atomic E-state index is 0. The molecular weight excluding hydrogens is 489 g/mol. The van der Waals surface area contributed by atoms with E-state index in [9.17, 15) is 9.90 Å². The summed E-state index contributed by atoms with van der Waals surface area (Å²) in [5, 5.41) is 20.3. The molecule has 4 rings (SSSR count). The number of carboxylic acids is 1. The molecule has 0 saturated heterocycles. The number of H-pyrrole nitrogens is 2. The number of aliphatic carboxylic acids is 1. The van der Waals surface area contributed by atoms with Gasteiger partial charge < -0.3 is 29.6 Å². The molecule has 0 radical (unpaired) electrons. The van der Waals surface area contributed by atoms with Crippen molar-refractivity contribution in [3.05, 3.63) is 57.6 Å². The molecular formula is C21H22KN5O4S2. The summed E-state index contributed by atoms with van der Waals surface area (Å²) in [7, 11) is 3.31. The van der Waals surface area contributed by atoms with Gasteiger partial charge in [-0.05, 0) is 60.8 Å². The normalized spacial score (nSPS) is 17.1. The number of methoxy groups -OCH3 is 1. The van der Waals surface area contributed by atoms with E-state index in [4.69, 9.17) is 33.9 Å². The van der Waals surface area contributed by atoms with Gasteiger partial charge in [-0.3, -0.25) is 14.8 Å². The molecule has 9 nitrogen and oxygen atoms in total. The van der Waals surface area contributed by atoms with Crippen molar-refractivity contribution in [3.63, 3.8) is 0 Å². The fraction of sp³-hybridized carbons (Fsp3) is 0.286. The number of carboxylic acid groups (broad SMARTS) is 1. The van der Waals surface area contributed by atoms with Crippen LogP contribution in [0.2, 0.25) is 0 Å². The van der Waals surface area contributed by atoms with Crippen LogP contribution in [0.4, 0.5) is 11.4 Å². The molecule has 0 amide bonds. The zero-order valence-electron chi connectivity index (χ0n) is 18.5. The van der Waals surface area contributed by atoms with Crippen molar-refractivity contribution in [3.8, 4) is 11.4 Å². The van der Waals surface area contributed by atoms with Crippen molar-refractivity contribution in [1.29, 1.82) is 0 Å². The van der Waals surface area contributed by atoms with E-state index in [0.717, 1.165) is 22.6 Å². The maximum Gasteiger partial charge on any atom is 1.00 e. The van der Waals surface area contributed by atoms with Crippen LogP contribution in [-0.2, 0) is 9.53 Å². The number of aromatic amines is 2. The summed E-state index contributed by atoms with van der Waals surface area (Å²) < 4.78 is 14.1. The second-order valence-electron chi connectivity index (χ2n) is 7.34. The number of likely N-dealkylation sites (N-methyl/N-ethyl adjacent to an activating group) is 1. The van der Waals surface area contributed by atoms with Gasteiger partial charge in [0.05, 0.1) is 23.8 Å². The van der Waals surface area contributed by atoms with E-state index in [1.54, 1.807) is 29.7 Å². The van der Waals surface area contributed by atoms with Gasteiger partial charge in [0.2, 0.25) is 0 Å². The maximum absolute atomic E-state index is 11.5. The van der Waals surface area contributed by atoms with Gasteiger partial charge in [-0.2, -0.15) is 0 Å². The van der Waals surface area contributed by atoms with Crippen molar-refractivity contribution in [1.82, 2.24) is 14.8 Å². The number of hydrogen-bond donors (Lipinski definition) is 3. The summed E-state index contributed by atoms with van der Waals surface area (Å²) >= 11 is 10.5. The van der Waals surface area contributed by atoms with Crippen LogP contribution in [-0.4, -0.2) is 47.7 Å². The van der Waals surface area contributed by atoms with Crippen molar-refractivity contribution in [2.75, 3.05) is 31.1 Å².